The molecule has 3 heterocycles. The topological polar surface area (TPSA) is 116 Å². The summed E-state index contributed by atoms with van der Waals surface area (Å²) in [7, 11) is -1.93. The fraction of sp³-hybridized carbons (Fsp3) is 0.261. The molecule has 0 aliphatic heterocycles. The number of H-pyrrole nitrogens is 1. The Kier molecular flexibility index (Phi) is 6.19. The first-order chi connectivity index (χ1) is 15.8. The zero-order valence-electron chi connectivity index (χ0n) is 18.5. The normalized spacial score (nSPS) is 12.6. The fourth-order valence-electron chi connectivity index (χ4n) is 3.78. The van der Waals surface area contributed by atoms with E-state index in [-0.39, 0.29) is 5.75 Å². The molecule has 4 aromatic rings. The van der Waals surface area contributed by atoms with Crippen LogP contribution in [0.2, 0.25) is 0 Å². The van der Waals surface area contributed by atoms with Crippen molar-refractivity contribution in [1.82, 2.24) is 19.5 Å². The maximum absolute atomic E-state index is 13.0. The standard InChI is InChI=1S/C23H24N4O5S/c1-4-32-21-12-16(5-6-20(21)31-2)19(14-33(3,29)30)27-22-18(26-23(27)28)11-17(13-25-22)15-7-9-24-10-8-15/h5-13,19H,4,14H2,1-3H3,(H,26,28)/t19-/m1/s1. The van der Waals surface area contributed by atoms with Gasteiger partial charge in [0, 0.05) is 30.4 Å². The zero-order valence-corrected chi connectivity index (χ0v) is 19.3. The first-order valence-corrected chi connectivity index (χ1v) is 12.4. The monoisotopic (exact) mass is 468 g/mol. The number of aromatic amines is 1. The van der Waals surface area contributed by atoms with Gasteiger partial charge >= 0.3 is 5.69 Å². The van der Waals surface area contributed by atoms with Crippen LogP contribution in [0.15, 0.2) is 59.8 Å². The summed E-state index contributed by atoms with van der Waals surface area (Å²) >= 11 is 0. The minimum atomic E-state index is -3.46. The van der Waals surface area contributed by atoms with Crippen LogP contribution in [0.4, 0.5) is 0 Å². The molecule has 172 valence electrons. The van der Waals surface area contributed by atoms with Gasteiger partial charge in [0.1, 0.15) is 9.84 Å². The van der Waals surface area contributed by atoms with Crippen molar-refractivity contribution in [3.63, 3.8) is 0 Å². The van der Waals surface area contributed by atoms with Crippen molar-refractivity contribution in [3.05, 3.63) is 71.0 Å². The van der Waals surface area contributed by atoms with Gasteiger partial charge in [-0.1, -0.05) is 6.07 Å². The Morgan fingerprint density at radius 2 is 1.85 bits per heavy atom. The molecule has 9 nitrogen and oxygen atoms in total. The predicted octanol–water partition coefficient (Wildman–Crippen LogP) is 2.83. The molecule has 0 fully saturated rings. The molecule has 0 radical (unpaired) electrons. The van der Waals surface area contributed by atoms with E-state index in [2.05, 4.69) is 15.0 Å². The molecule has 0 bridgehead atoms. The highest BCUT2D eigenvalue weighted by Crippen LogP contribution is 2.33. The maximum atomic E-state index is 13.0. The van der Waals surface area contributed by atoms with Gasteiger partial charge in [0.15, 0.2) is 17.1 Å². The van der Waals surface area contributed by atoms with Gasteiger partial charge in [-0.25, -0.2) is 18.2 Å². The Bertz CT molecular complexity index is 1440. The number of imidazole rings is 1. The van der Waals surface area contributed by atoms with E-state index in [1.54, 1.807) is 36.8 Å². The van der Waals surface area contributed by atoms with Crippen molar-refractivity contribution in [2.24, 2.45) is 0 Å². The number of aromatic nitrogens is 4. The SMILES string of the molecule is CCOc1cc([C@@H](CS(C)(=O)=O)n2c(=O)[nH]c3cc(-c4ccncc4)cnc32)ccc1OC. The second kappa shape index (κ2) is 9.07. The minimum Gasteiger partial charge on any atom is -0.493 e. The highest BCUT2D eigenvalue weighted by molar-refractivity contribution is 7.90. The average Bonchev–Trinajstić information content (AvgIpc) is 3.12. The minimum absolute atomic E-state index is 0.286. The summed E-state index contributed by atoms with van der Waals surface area (Å²) in [6.45, 7) is 2.25. The second-order valence-electron chi connectivity index (χ2n) is 7.58. The molecule has 1 N–H and O–H groups in total. The number of nitrogens with one attached hydrogen (secondary N) is 1. The van der Waals surface area contributed by atoms with Crippen LogP contribution >= 0.6 is 0 Å². The molecule has 10 heteroatoms. The Labute approximate surface area is 191 Å². The van der Waals surface area contributed by atoms with Crippen molar-refractivity contribution in [3.8, 4) is 22.6 Å². The van der Waals surface area contributed by atoms with Crippen molar-refractivity contribution < 1.29 is 17.9 Å². The van der Waals surface area contributed by atoms with E-state index >= 15 is 0 Å². The summed E-state index contributed by atoms with van der Waals surface area (Å²) in [5.74, 6) is 0.702. The van der Waals surface area contributed by atoms with Crippen LogP contribution in [-0.2, 0) is 9.84 Å². The number of rotatable bonds is 8. The third kappa shape index (κ3) is 4.75. The largest absolute Gasteiger partial charge is 0.493 e. The zero-order chi connectivity index (χ0) is 23.6. The van der Waals surface area contributed by atoms with Crippen LogP contribution < -0.4 is 15.2 Å². The predicted molar refractivity (Wildman–Crippen MR) is 126 cm³/mol. The van der Waals surface area contributed by atoms with E-state index in [0.29, 0.717) is 34.8 Å². The molecule has 1 aromatic carbocycles. The number of fused-ring (bicyclic) bond motifs is 1. The van der Waals surface area contributed by atoms with Gasteiger partial charge in [-0.15, -0.1) is 0 Å². The number of benzene rings is 1. The highest BCUT2D eigenvalue weighted by Gasteiger charge is 2.25. The van der Waals surface area contributed by atoms with Crippen LogP contribution in [0.25, 0.3) is 22.3 Å². The number of pyridine rings is 2. The van der Waals surface area contributed by atoms with Crippen LogP contribution in [0.1, 0.15) is 18.5 Å². The first-order valence-electron chi connectivity index (χ1n) is 10.3. The van der Waals surface area contributed by atoms with E-state index in [9.17, 15) is 13.2 Å². The van der Waals surface area contributed by atoms with Crippen LogP contribution in [0, 0.1) is 0 Å². The smallest absolute Gasteiger partial charge is 0.328 e. The fourth-order valence-corrected chi connectivity index (χ4v) is 4.70. The molecule has 0 spiro atoms. The molecule has 0 amide bonds. The van der Waals surface area contributed by atoms with Crippen molar-refractivity contribution in [2.45, 2.75) is 13.0 Å². The average molecular weight is 469 g/mol. The molecule has 4 rings (SSSR count). The van der Waals surface area contributed by atoms with E-state index < -0.39 is 21.6 Å². The van der Waals surface area contributed by atoms with Crippen molar-refractivity contribution in [2.75, 3.05) is 25.7 Å². The number of methoxy groups -OCH3 is 1. The molecular formula is C23H24N4O5S. The van der Waals surface area contributed by atoms with Gasteiger partial charge in [-0.05, 0) is 48.4 Å². The Morgan fingerprint density at radius 1 is 1.09 bits per heavy atom. The second-order valence-corrected chi connectivity index (χ2v) is 9.77. The molecule has 3 aromatic heterocycles. The third-order valence-electron chi connectivity index (χ3n) is 5.21. The number of hydrogen-bond donors (Lipinski definition) is 1. The van der Waals surface area contributed by atoms with Gasteiger partial charge in [-0.2, -0.15) is 0 Å². The van der Waals surface area contributed by atoms with Gasteiger partial charge in [0.05, 0.1) is 31.0 Å². The lowest BCUT2D eigenvalue weighted by Gasteiger charge is -2.20. The molecular weight excluding hydrogens is 444 g/mol. The summed E-state index contributed by atoms with van der Waals surface area (Å²) in [5.41, 5.74) is 2.71. The molecule has 0 unspecified atom stereocenters. The molecule has 0 aliphatic rings. The lowest BCUT2D eigenvalue weighted by Crippen LogP contribution is -2.28. The van der Waals surface area contributed by atoms with E-state index in [0.717, 1.165) is 17.4 Å². The lowest BCUT2D eigenvalue weighted by molar-refractivity contribution is 0.310. The van der Waals surface area contributed by atoms with Crippen LogP contribution in [-0.4, -0.2) is 53.7 Å². The van der Waals surface area contributed by atoms with Crippen molar-refractivity contribution >= 4 is 21.0 Å². The molecule has 0 saturated carbocycles. The Hall–Kier alpha value is -3.66. The number of ether oxygens (including phenoxy) is 2. The molecule has 33 heavy (non-hydrogen) atoms. The van der Waals surface area contributed by atoms with E-state index in [1.807, 2.05) is 25.1 Å². The summed E-state index contributed by atoms with van der Waals surface area (Å²) in [6.07, 6.45) is 6.14. The van der Waals surface area contributed by atoms with Crippen molar-refractivity contribution in [1.29, 1.82) is 0 Å². The summed E-state index contributed by atoms with van der Waals surface area (Å²) in [5, 5.41) is 0. The number of sulfone groups is 1. The quantitative estimate of drug-likeness (QED) is 0.423. The van der Waals surface area contributed by atoms with Gasteiger partial charge in [-0.3, -0.25) is 9.55 Å². The summed E-state index contributed by atoms with van der Waals surface area (Å²) in [4.78, 5) is 24.4. The van der Waals surface area contributed by atoms with E-state index in [1.165, 1.54) is 11.7 Å². The molecule has 0 aliphatic carbocycles. The third-order valence-corrected chi connectivity index (χ3v) is 6.13. The van der Waals surface area contributed by atoms with Gasteiger partial charge in [0.2, 0.25) is 0 Å². The van der Waals surface area contributed by atoms with Gasteiger partial charge < -0.3 is 14.5 Å². The molecule has 1 atom stereocenters. The number of hydrogen-bond acceptors (Lipinski definition) is 7. The summed E-state index contributed by atoms with van der Waals surface area (Å²) < 4.78 is 37.0. The first kappa shape index (κ1) is 22.5. The Morgan fingerprint density at radius 3 is 2.52 bits per heavy atom. The number of nitrogens with zero attached hydrogens (tertiary/aromatic N) is 3. The Balaban J connectivity index is 1.88. The van der Waals surface area contributed by atoms with Crippen LogP contribution in [0.5, 0.6) is 11.5 Å². The van der Waals surface area contributed by atoms with Gasteiger partial charge in [0.25, 0.3) is 0 Å². The maximum Gasteiger partial charge on any atom is 0.328 e. The van der Waals surface area contributed by atoms with E-state index in [4.69, 9.17) is 9.47 Å². The lowest BCUT2D eigenvalue weighted by atomic mass is 10.1. The molecule has 0 saturated heterocycles. The summed E-state index contributed by atoms with van der Waals surface area (Å²) in [6, 6.07) is 9.82. The van der Waals surface area contributed by atoms with Crippen LogP contribution in [0.3, 0.4) is 0 Å². The highest BCUT2D eigenvalue weighted by atomic mass is 32.2.